The van der Waals surface area contributed by atoms with Crippen molar-refractivity contribution in [1.29, 1.82) is 0 Å². The lowest BCUT2D eigenvalue weighted by atomic mass is 10.1. The maximum Gasteiger partial charge on any atom is 0.347 e. The monoisotopic (exact) mass is 452 g/mol. The summed E-state index contributed by atoms with van der Waals surface area (Å²) >= 11 is 12.7. The number of carbonyl (C=O) groups excluding carboxylic acids is 1. The van der Waals surface area contributed by atoms with Crippen LogP contribution < -0.4 is 5.32 Å². The number of thiocarbonyl (C=S) groups is 1. The molecule has 0 aliphatic carbocycles. The van der Waals surface area contributed by atoms with E-state index in [9.17, 15) is 14.4 Å². The maximum absolute atomic E-state index is 14.0. The average Bonchev–Trinajstić information content (AvgIpc) is 2.89. The lowest BCUT2D eigenvalue weighted by Gasteiger charge is -2.34. The Bertz CT molecular complexity index is 938. The van der Waals surface area contributed by atoms with Gasteiger partial charge < -0.3 is 5.32 Å². The molecule has 6 nitrogen and oxygen atoms in total. The standard InChI is InChI=1S/C19H18ClFN4O2S2/c1-19(2)16(25(27)17(26)23-12-7-4-3-5-8-12)24(18(28)29-19)22-11-13-14(20)9-6-10-15(13)21/h3-11,16,27H,1-2H3,(H,23,26)/b22-11-/t16-/m0/s1. The summed E-state index contributed by atoms with van der Waals surface area (Å²) in [5.41, 5.74) is 0.611. The number of halogens is 2. The molecule has 3 rings (SSSR count). The summed E-state index contributed by atoms with van der Waals surface area (Å²) in [5.74, 6) is -0.544. The first kappa shape index (κ1) is 21.5. The Hall–Kier alpha value is -2.20. The van der Waals surface area contributed by atoms with E-state index in [2.05, 4.69) is 10.4 Å². The molecule has 2 aromatic rings. The number of para-hydroxylation sites is 1. The van der Waals surface area contributed by atoms with Gasteiger partial charge in [-0.1, -0.05) is 59.8 Å². The van der Waals surface area contributed by atoms with E-state index < -0.39 is 22.8 Å². The summed E-state index contributed by atoms with van der Waals surface area (Å²) in [5, 5.41) is 19.5. The van der Waals surface area contributed by atoms with Gasteiger partial charge in [-0.3, -0.25) is 5.21 Å². The number of anilines is 1. The Kier molecular flexibility index (Phi) is 6.42. The fourth-order valence-electron chi connectivity index (χ4n) is 2.79. The lowest BCUT2D eigenvalue weighted by molar-refractivity contribution is -0.114. The zero-order valence-electron chi connectivity index (χ0n) is 15.5. The number of hydroxylamine groups is 2. The topological polar surface area (TPSA) is 68.2 Å². The van der Waals surface area contributed by atoms with Gasteiger partial charge in [0.15, 0.2) is 10.5 Å². The second-order valence-corrected chi connectivity index (χ2v) is 9.41. The van der Waals surface area contributed by atoms with Crippen molar-refractivity contribution in [2.45, 2.75) is 24.8 Å². The third kappa shape index (κ3) is 4.69. The molecule has 0 spiro atoms. The van der Waals surface area contributed by atoms with Crippen LogP contribution in [0.15, 0.2) is 53.6 Å². The van der Waals surface area contributed by atoms with E-state index >= 15 is 0 Å². The zero-order valence-corrected chi connectivity index (χ0v) is 17.9. The van der Waals surface area contributed by atoms with Gasteiger partial charge >= 0.3 is 6.03 Å². The highest BCUT2D eigenvalue weighted by Crippen LogP contribution is 2.42. The van der Waals surface area contributed by atoms with Crippen molar-refractivity contribution >= 4 is 57.8 Å². The second kappa shape index (κ2) is 8.66. The summed E-state index contributed by atoms with van der Waals surface area (Å²) in [6.07, 6.45) is 0.299. The quantitative estimate of drug-likeness (QED) is 0.290. The molecule has 1 heterocycles. The Morgan fingerprint density at radius 3 is 2.69 bits per heavy atom. The van der Waals surface area contributed by atoms with Crippen molar-refractivity contribution in [3.8, 4) is 0 Å². The van der Waals surface area contributed by atoms with E-state index in [1.807, 2.05) is 19.9 Å². The van der Waals surface area contributed by atoms with Gasteiger partial charge in [-0.2, -0.15) is 10.2 Å². The molecule has 0 bridgehead atoms. The van der Waals surface area contributed by atoms with E-state index in [1.54, 1.807) is 24.3 Å². The van der Waals surface area contributed by atoms with E-state index in [1.165, 1.54) is 41.2 Å². The third-order valence-corrected chi connectivity index (χ3v) is 6.03. The van der Waals surface area contributed by atoms with Gasteiger partial charge in [-0.15, -0.1) is 0 Å². The van der Waals surface area contributed by atoms with Crippen molar-refractivity contribution in [3.05, 3.63) is 64.9 Å². The first-order valence-electron chi connectivity index (χ1n) is 8.55. The predicted molar refractivity (Wildman–Crippen MR) is 118 cm³/mol. The van der Waals surface area contributed by atoms with Gasteiger partial charge in [0.1, 0.15) is 5.82 Å². The van der Waals surface area contributed by atoms with Crippen molar-refractivity contribution in [2.75, 3.05) is 5.32 Å². The minimum atomic E-state index is -0.925. The van der Waals surface area contributed by atoms with Gasteiger partial charge in [0.05, 0.1) is 16.0 Å². The van der Waals surface area contributed by atoms with Crippen LogP contribution in [0.2, 0.25) is 5.02 Å². The number of rotatable bonds is 4. The second-order valence-electron chi connectivity index (χ2n) is 6.71. The molecule has 1 atom stereocenters. The van der Waals surface area contributed by atoms with Crippen LogP contribution in [0.1, 0.15) is 19.4 Å². The van der Waals surface area contributed by atoms with Crippen LogP contribution in [0.5, 0.6) is 0 Å². The van der Waals surface area contributed by atoms with Crippen molar-refractivity contribution in [2.24, 2.45) is 5.10 Å². The molecule has 2 N–H and O–H groups in total. The molecule has 152 valence electrons. The minimum absolute atomic E-state index is 0.0867. The Labute approximate surface area is 182 Å². The normalized spacial score (nSPS) is 18.3. The Balaban J connectivity index is 1.86. The molecule has 1 aliphatic heterocycles. The number of nitrogens with zero attached hydrogens (tertiary/aromatic N) is 3. The molecule has 0 radical (unpaired) electrons. The molecule has 0 aromatic heterocycles. The van der Waals surface area contributed by atoms with Crippen LogP contribution in [0.4, 0.5) is 14.9 Å². The van der Waals surface area contributed by atoms with Crippen LogP contribution in [-0.2, 0) is 0 Å². The molecule has 1 fully saturated rings. The van der Waals surface area contributed by atoms with Crippen molar-refractivity contribution in [1.82, 2.24) is 10.1 Å². The number of urea groups is 1. The number of hydrogen-bond acceptors (Lipinski definition) is 5. The molecular formula is C19H18ClFN4O2S2. The van der Waals surface area contributed by atoms with Gasteiger partial charge in [0.25, 0.3) is 0 Å². The predicted octanol–water partition coefficient (Wildman–Crippen LogP) is 5.17. The van der Waals surface area contributed by atoms with Crippen LogP contribution in [-0.4, -0.2) is 42.8 Å². The highest BCUT2D eigenvalue weighted by Gasteiger charge is 2.50. The number of hydrazone groups is 1. The van der Waals surface area contributed by atoms with E-state index in [-0.39, 0.29) is 10.6 Å². The first-order chi connectivity index (χ1) is 13.7. The number of thioether (sulfide) groups is 1. The fraction of sp³-hybridized carbons (Fsp3) is 0.211. The molecule has 0 unspecified atom stereocenters. The molecular weight excluding hydrogens is 435 g/mol. The number of nitrogens with one attached hydrogen (secondary N) is 1. The van der Waals surface area contributed by atoms with Gasteiger partial charge in [-0.25, -0.2) is 14.2 Å². The van der Waals surface area contributed by atoms with Crippen molar-refractivity contribution < 1.29 is 14.4 Å². The van der Waals surface area contributed by atoms with Crippen molar-refractivity contribution in [3.63, 3.8) is 0 Å². The lowest BCUT2D eigenvalue weighted by Crippen LogP contribution is -2.54. The average molecular weight is 453 g/mol. The summed E-state index contributed by atoms with van der Waals surface area (Å²) in [7, 11) is 0. The molecule has 0 saturated carbocycles. The van der Waals surface area contributed by atoms with Gasteiger partial charge in [0.2, 0.25) is 0 Å². The summed E-state index contributed by atoms with van der Waals surface area (Å²) in [6.45, 7) is 3.64. The van der Waals surface area contributed by atoms with Crippen LogP contribution in [0.3, 0.4) is 0 Å². The summed E-state index contributed by atoms with van der Waals surface area (Å²) < 4.78 is 13.7. The molecule has 1 saturated heterocycles. The first-order valence-corrected chi connectivity index (χ1v) is 10.2. The van der Waals surface area contributed by atoms with Gasteiger partial charge in [0, 0.05) is 11.3 Å². The molecule has 1 aliphatic rings. The van der Waals surface area contributed by atoms with Crippen LogP contribution in [0, 0.1) is 5.82 Å². The minimum Gasteiger partial charge on any atom is -0.306 e. The fourth-order valence-corrected chi connectivity index (χ4v) is 4.79. The maximum atomic E-state index is 14.0. The number of hydrogen-bond donors (Lipinski definition) is 2. The smallest absolute Gasteiger partial charge is 0.306 e. The molecule has 2 aromatic carbocycles. The zero-order chi connectivity index (χ0) is 21.2. The van der Waals surface area contributed by atoms with Crippen LogP contribution >= 0.6 is 35.6 Å². The number of carbonyl (C=O) groups is 1. The Morgan fingerprint density at radius 2 is 2.03 bits per heavy atom. The van der Waals surface area contributed by atoms with E-state index in [4.69, 9.17) is 23.8 Å². The van der Waals surface area contributed by atoms with Crippen LogP contribution in [0.25, 0.3) is 0 Å². The number of amides is 2. The SMILES string of the molecule is CC1(C)SC(=S)N(/N=C\c2c(F)cccc2Cl)[C@H]1N(O)C(=O)Nc1ccccc1. The summed E-state index contributed by atoms with van der Waals surface area (Å²) in [4.78, 5) is 12.6. The third-order valence-electron chi connectivity index (χ3n) is 4.17. The Morgan fingerprint density at radius 1 is 1.34 bits per heavy atom. The highest BCUT2D eigenvalue weighted by molar-refractivity contribution is 8.24. The van der Waals surface area contributed by atoms with E-state index in [0.29, 0.717) is 15.1 Å². The highest BCUT2D eigenvalue weighted by atomic mass is 35.5. The molecule has 29 heavy (non-hydrogen) atoms. The molecule has 2 amide bonds. The van der Waals surface area contributed by atoms with Gasteiger partial charge in [-0.05, 0) is 38.1 Å². The van der Waals surface area contributed by atoms with E-state index in [0.717, 1.165) is 0 Å². The number of benzene rings is 2. The molecule has 10 heteroatoms. The largest absolute Gasteiger partial charge is 0.347 e. The summed E-state index contributed by atoms with van der Waals surface area (Å²) in [6, 6.07) is 12.3.